The van der Waals surface area contributed by atoms with Crippen LogP contribution in [0.25, 0.3) is 0 Å². The smallest absolute Gasteiger partial charge is 0.213 e. The fourth-order valence-electron chi connectivity index (χ4n) is 4.89. The van der Waals surface area contributed by atoms with Crippen molar-refractivity contribution in [3.8, 4) is 0 Å². The Labute approximate surface area is 211 Å². The third-order valence-corrected chi connectivity index (χ3v) is 6.88. The number of hydrogen-bond acceptors (Lipinski definition) is 4. The summed E-state index contributed by atoms with van der Waals surface area (Å²) in [6.07, 6.45) is 19.8. The predicted molar refractivity (Wildman–Crippen MR) is 144 cm³/mol. The summed E-state index contributed by atoms with van der Waals surface area (Å²) in [7, 11) is 0. The fourth-order valence-corrected chi connectivity index (χ4v) is 4.89. The number of carbonyl (C=O) groups is 2. The number of para-hydroxylation sites is 1. The SMILES string of the molecule is CCCCCCCCCCCCCCCCn1nc(C)c2c1C(=O)C=C(Nc1ccccc1)C2=O. The highest BCUT2D eigenvalue weighted by molar-refractivity contribution is 6.25. The molecule has 0 saturated carbocycles. The molecule has 0 fully saturated rings. The van der Waals surface area contributed by atoms with Gasteiger partial charge in [-0.3, -0.25) is 14.3 Å². The fraction of sp³-hybridized carbons (Fsp3) is 0.567. The summed E-state index contributed by atoms with van der Waals surface area (Å²) in [5.74, 6) is -0.308. The van der Waals surface area contributed by atoms with Crippen LogP contribution in [0.1, 0.15) is 123 Å². The monoisotopic (exact) mass is 477 g/mol. The molecule has 5 heteroatoms. The molecule has 1 aromatic carbocycles. The minimum Gasteiger partial charge on any atom is -0.352 e. The lowest BCUT2D eigenvalue weighted by Gasteiger charge is -2.15. The number of benzene rings is 1. The lowest BCUT2D eigenvalue weighted by Crippen LogP contribution is -2.23. The zero-order valence-corrected chi connectivity index (χ0v) is 21.8. The minimum atomic E-state index is -0.159. The second kappa shape index (κ2) is 14.7. The van der Waals surface area contributed by atoms with E-state index in [0.717, 1.165) is 18.5 Å². The normalized spacial score (nSPS) is 13.1. The van der Waals surface area contributed by atoms with Crippen LogP contribution in [0.2, 0.25) is 0 Å². The molecule has 1 heterocycles. The van der Waals surface area contributed by atoms with Gasteiger partial charge in [0.25, 0.3) is 0 Å². The number of nitrogens with one attached hydrogen (secondary N) is 1. The van der Waals surface area contributed by atoms with E-state index < -0.39 is 0 Å². The predicted octanol–water partition coefficient (Wildman–Crippen LogP) is 8.05. The number of anilines is 1. The zero-order chi connectivity index (χ0) is 24.9. The number of hydrogen-bond donors (Lipinski definition) is 1. The van der Waals surface area contributed by atoms with Gasteiger partial charge in [0.15, 0.2) is 0 Å². The summed E-state index contributed by atoms with van der Waals surface area (Å²) < 4.78 is 1.75. The molecule has 3 rings (SSSR count). The second-order valence-electron chi connectivity index (χ2n) is 9.87. The van der Waals surface area contributed by atoms with Gasteiger partial charge in [-0.1, -0.05) is 109 Å². The number of unbranched alkanes of at least 4 members (excludes halogenated alkanes) is 13. The van der Waals surface area contributed by atoms with Gasteiger partial charge < -0.3 is 5.32 Å². The molecule has 0 saturated heterocycles. The molecule has 2 aromatic rings. The van der Waals surface area contributed by atoms with Crippen molar-refractivity contribution in [2.24, 2.45) is 0 Å². The van der Waals surface area contributed by atoms with Gasteiger partial charge in [0.2, 0.25) is 11.6 Å². The number of aromatic nitrogens is 2. The highest BCUT2D eigenvalue weighted by Gasteiger charge is 2.32. The molecule has 0 amide bonds. The Morgan fingerprint density at radius 3 is 1.89 bits per heavy atom. The quantitative estimate of drug-likeness (QED) is 0.234. The Morgan fingerprint density at radius 2 is 1.31 bits per heavy atom. The lowest BCUT2D eigenvalue weighted by atomic mass is 9.96. The van der Waals surface area contributed by atoms with E-state index in [9.17, 15) is 9.59 Å². The van der Waals surface area contributed by atoms with Gasteiger partial charge in [-0.2, -0.15) is 5.10 Å². The average molecular weight is 478 g/mol. The van der Waals surface area contributed by atoms with E-state index in [-0.39, 0.29) is 11.6 Å². The molecule has 1 N–H and O–H groups in total. The third kappa shape index (κ3) is 8.19. The number of aryl methyl sites for hydroxylation is 2. The number of nitrogens with zero attached hydrogens (tertiary/aromatic N) is 2. The molecule has 190 valence electrons. The first-order valence-electron chi connectivity index (χ1n) is 13.8. The van der Waals surface area contributed by atoms with Crippen LogP contribution in [0.4, 0.5) is 5.69 Å². The van der Waals surface area contributed by atoms with E-state index in [4.69, 9.17) is 0 Å². The van der Waals surface area contributed by atoms with Gasteiger partial charge in [-0.25, -0.2) is 0 Å². The first kappa shape index (κ1) is 26.9. The van der Waals surface area contributed by atoms with Crippen LogP contribution in [0, 0.1) is 6.92 Å². The molecule has 0 spiro atoms. The highest BCUT2D eigenvalue weighted by Crippen LogP contribution is 2.26. The topological polar surface area (TPSA) is 64.0 Å². The molecular weight excluding hydrogens is 434 g/mol. The number of carbonyl (C=O) groups excluding carboxylic acids is 2. The summed E-state index contributed by atoms with van der Waals surface area (Å²) in [6.45, 7) is 4.77. The van der Waals surface area contributed by atoms with Crippen molar-refractivity contribution in [1.29, 1.82) is 0 Å². The number of ketones is 2. The van der Waals surface area contributed by atoms with E-state index >= 15 is 0 Å². The van der Waals surface area contributed by atoms with Crippen LogP contribution >= 0.6 is 0 Å². The first-order valence-corrected chi connectivity index (χ1v) is 13.8. The number of rotatable bonds is 17. The van der Waals surface area contributed by atoms with Gasteiger partial charge in [0.1, 0.15) is 5.69 Å². The average Bonchev–Trinajstić information content (AvgIpc) is 3.20. The molecule has 0 radical (unpaired) electrons. The van der Waals surface area contributed by atoms with Crippen molar-refractivity contribution in [2.75, 3.05) is 5.32 Å². The Hall–Kier alpha value is -2.69. The molecule has 35 heavy (non-hydrogen) atoms. The Kier molecular flexibility index (Phi) is 11.3. The zero-order valence-electron chi connectivity index (χ0n) is 21.8. The van der Waals surface area contributed by atoms with Crippen LogP contribution in [-0.4, -0.2) is 21.3 Å². The van der Waals surface area contributed by atoms with Crippen LogP contribution < -0.4 is 5.32 Å². The molecule has 1 aromatic heterocycles. The van der Waals surface area contributed by atoms with Crippen LogP contribution in [0.15, 0.2) is 42.1 Å². The van der Waals surface area contributed by atoms with Gasteiger partial charge in [-0.05, 0) is 25.5 Å². The maximum absolute atomic E-state index is 13.1. The summed E-state index contributed by atoms with van der Waals surface area (Å²) in [5.41, 5.74) is 2.62. The molecule has 0 bridgehead atoms. The van der Waals surface area contributed by atoms with Crippen LogP contribution in [-0.2, 0) is 6.54 Å². The molecule has 0 unspecified atom stereocenters. The van der Waals surface area contributed by atoms with E-state index in [1.54, 1.807) is 4.68 Å². The Bertz CT molecular complexity index is 975. The van der Waals surface area contributed by atoms with Crippen molar-refractivity contribution in [2.45, 2.75) is 110 Å². The van der Waals surface area contributed by atoms with Crippen molar-refractivity contribution in [1.82, 2.24) is 9.78 Å². The molecular formula is C30H43N3O2. The molecule has 0 atom stereocenters. The highest BCUT2D eigenvalue weighted by atomic mass is 16.1. The maximum Gasteiger partial charge on any atom is 0.213 e. The van der Waals surface area contributed by atoms with Gasteiger partial charge >= 0.3 is 0 Å². The summed E-state index contributed by atoms with van der Waals surface area (Å²) >= 11 is 0. The summed E-state index contributed by atoms with van der Waals surface area (Å²) in [4.78, 5) is 26.0. The van der Waals surface area contributed by atoms with Gasteiger partial charge in [0, 0.05) is 18.3 Å². The largest absolute Gasteiger partial charge is 0.352 e. The van der Waals surface area contributed by atoms with Crippen molar-refractivity contribution in [3.63, 3.8) is 0 Å². The maximum atomic E-state index is 13.1. The molecule has 0 aliphatic heterocycles. The van der Waals surface area contributed by atoms with Crippen LogP contribution in [0.5, 0.6) is 0 Å². The lowest BCUT2D eigenvalue weighted by molar-refractivity contribution is 0.0979. The number of fused-ring (bicyclic) bond motifs is 1. The first-order chi connectivity index (χ1) is 17.1. The Morgan fingerprint density at radius 1 is 0.771 bits per heavy atom. The summed E-state index contributed by atoms with van der Waals surface area (Å²) in [5, 5.41) is 7.64. The standard InChI is InChI=1S/C30H43N3O2/c1-3-4-5-6-7-8-9-10-11-12-13-14-15-19-22-33-29-27(34)23-26(30(35)28(29)24(2)32-33)31-25-20-17-16-18-21-25/h16-18,20-21,23,31H,3-15,19,22H2,1-2H3. The second-order valence-corrected chi connectivity index (χ2v) is 9.87. The van der Waals surface area contributed by atoms with Crippen molar-refractivity contribution >= 4 is 17.3 Å². The van der Waals surface area contributed by atoms with Gasteiger partial charge in [0.05, 0.1) is 17.0 Å². The summed E-state index contributed by atoms with van der Waals surface area (Å²) in [6, 6.07) is 9.45. The van der Waals surface area contributed by atoms with E-state index in [1.165, 1.54) is 83.1 Å². The van der Waals surface area contributed by atoms with Crippen LogP contribution in [0.3, 0.4) is 0 Å². The van der Waals surface area contributed by atoms with Crippen molar-refractivity contribution < 1.29 is 9.59 Å². The third-order valence-electron chi connectivity index (χ3n) is 6.88. The Balaban J connectivity index is 1.35. The van der Waals surface area contributed by atoms with E-state index in [1.807, 2.05) is 37.3 Å². The molecule has 1 aliphatic rings. The van der Waals surface area contributed by atoms with E-state index in [0.29, 0.717) is 29.2 Å². The van der Waals surface area contributed by atoms with E-state index in [2.05, 4.69) is 17.3 Å². The number of Topliss-reactive ketones (excluding diaryl/α,β-unsaturated/α-hetero) is 1. The number of allylic oxidation sites excluding steroid dienone is 2. The van der Waals surface area contributed by atoms with Gasteiger partial charge in [-0.15, -0.1) is 0 Å². The molecule has 5 nitrogen and oxygen atoms in total. The minimum absolute atomic E-state index is 0.149. The van der Waals surface area contributed by atoms with Crippen molar-refractivity contribution in [3.05, 3.63) is 59.1 Å². The molecule has 1 aliphatic carbocycles.